The van der Waals surface area contributed by atoms with E-state index in [2.05, 4.69) is 112 Å². The maximum Gasteiger partial charge on any atom is 2.00 e. The Hall–Kier alpha value is -4.50. The second kappa shape index (κ2) is 12.1. The number of fused-ring (bicyclic) bond motifs is 3. The molecular weight excluding hydrogens is 647 g/mol. The van der Waals surface area contributed by atoms with E-state index in [1.807, 2.05) is 41.2 Å². The number of hydrogen-bond acceptors (Lipinski definition) is 3. The van der Waals surface area contributed by atoms with Gasteiger partial charge >= 0.3 is 20.4 Å². The van der Waals surface area contributed by atoms with Crippen molar-refractivity contribution >= 4 is 21.8 Å². The summed E-state index contributed by atoms with van der Waals surface area (Å²) in [7, 11) is 0. The Morgan fingerprint density at radius 1 is 0.756 bits per heavy atom. The van der Waals surface area contributed by atoms with Crippen LogP contribution < -0.4 is 4.74 Å². The van der Waals surface area contributed by atoms with Gasteiger partial charge in [-0.05, 0) is 92.6 Å². The molecular formula is C39H34N4OPd. The number of nitrogens with zero attached hydrogens (tertiary/aromatic N) is 4. The molecule has 0 atom stereocenters. The molecule has 0 N–H and O–H groups in total. The first-order chi connectivity index (χ1) is 21.3. The second-order valence-electron chi connectivity index (χ2n) is 11.6. The number of aromatic nitrogens is 4. The zero-order valence-corrected chi connectivity index (χ0v) is 27.9. The summed E-state index contributed by atoms with van der Waals surface area (Å²) in [6.07, 6.45) is 2.82. The van der Waals surface area contributed by atoms with Crippen LogP contribution in [0.4, 0.5) is 0 Å². The molecule has 0 fully saturated rings. The predicted octanol–water partition coefficient (Wildman–Crippen LogP) is 9.53. The Morgan fingerprint density at radius 3 is 2.36 bits per heavy atom. The van der Waals surface area contributed by atoms with Gasteiger partial charge in [-0.1, -0.05) is 48.3 Å². The van der Waals surface area contributed by atoms with Crippen molar-refractivity contribution in [3.8, 4) is 34.1 Å². The molecule has 0 saturated carbocycles. The van der Waals surface area contributed by atoms with Gasteiger partial charge in [-0.15, -0.1) is 35.7 Å². The van der Waals surface area contributed by atoms with Crippen LogP contribution >= 0.6 is 0 Å². The van der Waals surface area contributed by atoms with Crippen molar-refractivity contribution in [3.63, 3.8) is 0 Å². The molecule has 5 nitrogen and oxygen atoms in total. The summed E-state index contributed by atoms with van der Waals surface area (Å²) in [6.45, 7) is 12.9. The molecule has 0 spiro atoms. The van der Waals surface area contributed by atoms with Crippen molar-refractivity contribution in [2.75, 3.05) is 0 Å². The molecule has 226 valence electrons. The molecule has 0 aliphatic heterocycles. The molecule has 0 radical (unpaired) electrons. The molecule has 6 heteroatoms. The van der Waals surface area contributed by atoms with Gasteiger partial charge in [0.1, 0.15) is 5.82 Å². The number of para-hydroxylation sites is 1. The van der Waals surface area contributed by atoms with Gasteiger partial charge in [0.25, 0.3) is 0 Å². The Labute approximate surface area is 278 Å². The van der Waals surface area contributed by atoms with Gasteiger partial charge in [0, 0.05) is 34.5 Å². The Balaban J connectivity index is 0.00000357. The molecule has 4 aromatic carbocycles. The monoisotopic (exact) mass is 680 g/mol. The minimum atomic E-state index is 0. The number of hydrogen-bond donors (Lipinski definition) is 0. The normalized spacial score (nSPS) is 11.2. The molecule has 7 aromatic rings. The minimum Gasteiger partial charge on any atom is -0.509 e. The van der Waals surface area contributed by atoms with E-state index in [1.165, 1.54) is 27.8 Å². The quantitative estimate of drug-likeness (QED) is 0.130. The Morgan fingerprint density at radius 2 is 1.56 bits per heavy atom. The zero-order chi connectivity index (χ0) is 30.5. The van der Waals surface area contributed by atoms with Crippen LogP contribution in [0.2, 0.25) is 0 Å². The third kappa shape index (κ3) is 5.39. The fourth-order valence-electron chi connectivity index (χ4n) is 6.48. The van der Waals surface area contributed by atoms with Gasteiger partial charge in [-0.2, -0.15) is 17.2 Å². The number of aryl methyl sites for hydroxylation is 5. The van der Waals surface area contributed by atoms with E-state index in [0.717, 1.165) is 56.7 Å². The summed E-state index contributed by atoms with van der Waals surface area (Å²) in [5, 5.41) is 7.22. The van der Waals surface area contributed by atoms with Crippen LogP contribution in [0.25, 0.3) is 44.4 Å². The average molecular weight is 681 g/mol. The van der Waals surface area contributed by atoms with E-state index < -0.39 is 0 Å². The smallest absolute Gasteiger partial charge is 0.509 e. The fourth-order valence-corrected chi connectivity index (χ4v) is 6.48. The topological polar surface area (TPSA) is 44.9 Å². The fraction of sp³-hybridized carbons (Fsp3) is 0.179. The number of benzene rings is 4. The number of ether oxygens (including phenoxy) is 1. The molecule has 0 amide bonds. The largest absolute Gasteiger partial charge is 2.00 e. The van der Waals surface area contributed by atoms with Crippen LogP contribution in [0.3, 0.4) is 0 Å². The van der Waals surface area contributed by atoms with Gasteiger partial charge in [-0.25, -0.2) is 4.98 Å². The minimum absolute atomic E-state index is 0. The van der Waals surface area contributed by atoms with Gasteiger partial charge < -0.3 is 9.30 Å². The van der Waals surface area contributed by atoms with E-state index in [4.69, 9.17) is 9.84 Å². The summed E-state index contributed by atoms with van der Waals surface area (Å²) in [5.41, 5.74) is 12.4. The Kier molecular flexibility index (Phi) is 8.22. The SMILES string of the molecule is CCc1cc(C)cc(C)c1-c1c(C)nn(-c2[c-]c(Oc3[c-]c4c(cc3)c3ccccc3n4-c3cc(C)ccn3)ccc2)c1C.[Pd+2]. The first-order valence-corrected chi connectivity index (χ1v) is 15.1. The third-order valence-electron chi connectivity index (χ3n) is 8.37. The van der Waals surface area contributed by atoms with Crippen LogP contribution in [0.1, 0.15) is 40.6 Å². The van der Waals surface area contributed by atoms with Crippen LogP contribution in [0.5, 0.6) is 11.5 Å². The summed E-state index contributed by atoms with van der Waals surface area (Å²) in [5.74, 6) is 2.07. The van der Waals surface area contributed by atoms with E-state index in [-0.39, 0.29) is 20.4 Å². The third-order valence-corrected chi connectivity index (χ3v) is 8.37. The second-order valence-corrected chi connectivity index (χ2v) is 11.6. The first-order valence-electron chi connectivity index (χ1n) is 15.1. The van der Waals surface area contributed by atoms with Crippen molar-refractivity contribution in [2.24, 2.45) is 0 Å². The molecule has 0 aliphatic rings. The maximum absolute atomic E-state index is 6.40. The van der Waals surface area contributed by atoms with E-state index in [9.17, 15) is 0 Å². The summed E-state index contributed by atoms with van der Waals surface area (Å²) in [4.78, 5) is 4.69. The average Bonchev–Trinajstić information content (AvgIpc) is 3.49. The van der Waals surface area contributed by atoms with Crippen LogP contribution in [-0.2, 0) is 26.8 Å². The maximum atomic E-state index is 6.40. The predicted molar refractivity (Wildman–Crippen MR) is 178 cm³/mol. The van der Waals surface area contributed by atoms with Gasteiger partial charge in [0.2, 0.25) is 0 Å². The van der Waals surface area contributed by atoms with Crippen LogP contribution in [-0.4, -0.2) is 19.3 Å². The summed E-state index contributed by atoms with van der Waals surface area (Å²) in [6, 6.07) is 34.0. The molecule has 0 saturated heterocycles. The summed E-state index contributed by atoms with van der Waals surface area (Å²) >= 11 is 0. The van der Waals surface area contributed by atoms with Crippen molar-refractivity contribution in [3.05, 3.63) is 131 Å². The standard InChI is InChI=1S/C39H34N4O.Pd/c1-7-29-20-25(3)19-26(4)38(29)39-27(5)41-43(28(39)6)30-11-10-12-31(22-30)44-32-15-16-34-33-13-8-9-14-35(33)42(36(34)23-32)37-21-24(2)17-18-40-37;/h8-21H,7H2,1-6H3;/q-2;+2. The first kappa shape index (κ1) is 30.5. The molecule has 0 unspecified atom stereocenters. The van der Waals surface area contributed by atoms with E-state index in [0.29, 0.717) is 11.5 Å². The molecule has 45 heavy (non-hydrogen) atoms. The summed E-state index contributed by atoms with van der Waals surface area (Å²) < 4.78 is 10.5. The zero-order valence-electron chi connectivity index (χ0n) is 26.3. The number of pyridine rings is 1. The van der Waals surface area contributed by atoms with Crippen LogP contribution in [0, 0.1) is 46.8 Å². The van der Waals surface area contributed by atoms with E-state index >= 15 is 0 Å². The molecule has 7 rings (SSSR count). The van der Waals surface area contributed by atoms with Crippen molar-refractivity contribution in [2.45, 2.75) is 48.0 Å². The Bertz CT molecular complexity index is 2210. The van der Waals surface area contributed by atoms with E-state index in [1.54, 1.807) is 0 Å². The molecule has 0 bridgehead atoms. The molecule has 0 aliphatic carbocycles. The van der Waals surface area contributed by atoms with Gasteiger partial charge in [0.05, 0.1) is 5.69 Å². The van der Waals surface area contributed by atoms with Crippen molar-refractivity contribution < 1.29 is 25.2 Å². The van der Waals surface area contributed by atoms with Gasteiger partial charge in [0.15, 0.2) is 0 Å². The van der Waals surface area contributed by atoms with Crippen LogP contribution in [0.15, 0.2) is 85.1 Å². The van der Waals surface area contributed by atoms with Gasteiger partial charge in [-0.3, -0.25) is 4.68 Å². The number of rotatable bonds is 6. The van der Waals surface area contributed by atoms with Crippen molar-refractivity contribution in [1.29, 1.82) is 0 Å². The van der Waals surface area contributed by atoms with Crippen molar-refractivity contribution in [1.82, 2.24) is 19.3 Å². The molecule has 3 heterocycles. The molecule has 3 aromatic heterocycles.